The average molecular weight is 411 g/mol. The first-order valence-electron chi connectivity index (χ1n) is 11.1. The summed E-state index contributed by atoms with van der Waals surface area (Å²) in [6, 6.07) is 14.9. The van der Waals surface area contributed by atoms with Crippen LogP contribution in [0.4, 0.5) is 0 Å². The standard InChI is InChI=1S/C25H34N2O3/c1-4-29-23-14-13-19(17-24(23)30-5-2)15-16-26-25(28)18-27(3)22-12-8-10-20-9-6-7-11-21(20)22/h6-7,9,11,13-14,17,22H,4-5,8,10,12,15-16,18H2,1-3H3,(H,26,28)/t22-/m1/s1. The minimum atomic E-state index is 0.0662. The number of nitrogens with zero attached hydrogens (tertiary/aromatic N) is 1. The van der Waals surface area contributed by atoms with Crippen molar-refractivity contribution in [3.63, 3.8) is 0 Å². The molecule has 2 aromatic carbocycles. The molecule has 1 atom stereocenters. The van der Waals surface area contributed by atoms with Crippen LogP contribution >= 0.6 is 0 Å². The summed E-state index contributed by atoms with van der Waals surface area (Å²) in [5.74, 6) is 1.59. The lowest BCUT2D eigenvalue weighted by Crippen LogP contribution is -2.38. The molecule has 1 N–H and O–H groups in total. The van der Waals surface area contributed by atoms with Crippen molar-refractivity contribution in [2.45, 2.75) is 45.6 Å². The predicted molar refractivity (Wildman–Crippen MR) is 120 cm³/mol. The zero-order valence-electron chi connectivity index (χ0n) is 18.4. The highest BCUT2D eigenvalue weighted by Crippen LogP contribution is 2.33. The van der Waals surface area contributed by atoms with E-state index in [4.69, 9.17) is 9.47 Å². The Morgan fingerprint density at radius 1 is 1.10 bits per heavy atom. The molecular weight excluding hydrogens is 376 g/mol. The number of benzene rings is 2. The van der Waals surface area contributed by atoms with Crippen molar-refractivity contribution in [2.75, 3.05) is 33.4 Å². The second-order valence-electron chi connectivity index (χ2n) is 7.77. The molecule has 0 radical (unpaired) electrons. The first-order valence-corrected chi connectivity index (χ1v) is 11.1. The third kappa shape index (κ3) is 5.76. The van der Waals surface area contributed by atoms with Crippen molar-refractivity contribution in [3.8, 4) is 11.5 Å². The monoisotopic (exact) mass is 410 g/mol. The van der Waals surface area contributed by atoms with Crippen LogP contribution in [0.15, 0.2) is 42.5 Å². The molecule has 0 saturated carbocycles. The van der Waals surface area contributed by atoms with Crippen LogP contribution in [-0.4, -0.2) is 44.2 Å². The third-order valence-corrected chi connectivity index (χ3v) is 5.61. The topological polar surface area (TPSA) is 50.8 Å². The van der Waals surface area contributed by atoms with Gasteiger partial charge in [-0.25, -0.2) is 0 Å². The van der Waals surface area contributed by atoms with Crippen molar-refractivity contribution >= 4 is 5.91 Å². The van der Waals surface area contributed by atoms with Gasteiger partial charge in [0.1, 0.15) is 0 Å². The molecule has 1 aliphatic carbocycles. The number of likely N-dealkylation sites (N-methyl/N-ethyl adjacent to an activating group) is 1. The number of amides is 1. The second-order valence-corrected chi connectivity index (χ2v) is 7.77. The predicted octanol–water partition coefficient (Wildman–Crippen LogP) is 4.15. The summed E-state index contributed by atoms with van der Waals surface area (Å²) in [5, 5.41) is 3.06. The number of hydrogen-bond donors (Lipinski definition) is 1. The van der Waals surface area contributed by atoms with Crippen LogP contribution < -0.4 is 14.8 Å². The molecule has 3 rings (SSSR count). The number of rotatable bonds is 10. The van der Waals surface area contributed by atoms with Crippen LogP contribution in [0.3, 0.4) is 0 Å². The molecule has 0 bridgehead atoms. The van der Waals surface area contributed by atoms with Gasteiger partial charge in [0.2, 0.25) is 5.91 Å². The normalized spacial score (nSPS) is 15.5. The van der Waals surface area contributed by atoms with Crippen molar-refractivity contribution in [1.29, 1.82) is 0 Å². The molecule has 1 amide bonds. The zero-order valence-corrected chi connectivity index (χ0v) is 18.4. The van der Waals surface area contributed by atoms with Gasteiger partial charge in [-0.3, -0.25) is 9.69 Å². The van der Waals surface area contributed by atoms with E-state index in [1.165, 1.54) is 17.5 Å². The number of aryl methyl sites for hydroxylation is 1. The minimum Gasteiger partial charge on any atom is -0.490 e. The molecule has 0 fully saturated rings. The highest BCUT2D eigenvalue weighted by molar-refractivity contribution is 5.78. The number of ether oxygens (including phenoxy) is 2. The van der Waals surface area contributed by atoms with Gasteiger partial charge < -0.3 is 14.8 Å². The second kappa shape index (κ2) is 11.0. The molecule has 0 aliphatic heterocycles. The maximum atomic E-state index is 12.5. The molecule has 0 heterocycles. The van der Waals surface area contributed by atoms with E-state index >= 15 is 0 Å². The fourth-order valence-electron chi connectivity index (χ4n) is 4.18. The van der Waals surface area contributed by atoms with Crippen LogP contribution in [0, 0.1) is 0 Å². The van der Waals surface area contributed by atoms with Crippen molar-refractivity contribution in [3.05, 3.63) is 59.2 Å². The summed E-state index contributed by atoms with van der Waals surface area (Å²) >= 11 is 0. The number of carbonyl (C=O) groups excluding carboxylic acids is 1. The van der Waals surface area contributed by atoms with E-state index in [1.54, 1.807) is 0 Å². The van der Waals surface area contributed by atoms with Crippen LogP contribution in [0.1, 0.15) is 49.4 Å². The Bertz CT molecular complexity index is 837. The van der Waals surface area contributed by atoms with Crippen molar-refractivity contribution in [1.82, 2.24) is 10.2 Å². The number of fused-ring (bicyclic) bond motifs is 1. The number of nitrogens with one attached hydrogen (secondary N) is 1. The van der Waals surface area contributed by atoms with Gasteiger partial charge in [-0.05, 0) is 75.4 Å². The summed E-state index contributed by atoms with van der Waals surface area (Å²) in [4.78, 5) is 14.7. The molecule has 1 aliphatic rings. The van der Waals surface area contributed by atoms with Gasteiger partial charge in [-0.15, -0.1) is 0 Å². The van der Waals surface area contributed by atoms with Gasteiger partial charge in [0.05, 0.1) is 19.8 Å². The Labute approximate surface area is 180 Å². The number of carbonyl (C=O) groups is 1. The highest BCUT2D eigenvalue weighted by Gasteiger charge is 2.24. The first-order chi connectivity index (χ1) is 14.6. The van der Waals surface area contributed by atoms with Gasteiger partial charge in [0.15, 0.2) is 11.5 Å². The van der Waals surface area contributed by atoms with Gasteiger partial charge in [-0.1, -0.05) is 30.3 Å². The molecule has 0 unspecified atom stereocenters. The van der Waals surface area contributed by atoms with E-state index in [0.717, 1.165) is 36.3 Å². The van der Waals surface area contributed by atoms with Crippen molar-refractivity contribution < 1.29 is 14.3 Å². The molecule has 30 heavy (non-hydrogen) atoms. The molecule has 5 heteroatoms. The SMILES string of the molecule is CCOc1ccc(CCNC(=O)CN(C)[C@@H]2CCCc3ccccc32)cc1OCC. The Morgan fingerprint density at radius 3 is 2.67 bits per heavy atom. The summed E-state index contributed by atoms with van der Waals surface area (Å²) in [6.45, 7) is 6.14. The molecule has 0 saturated heterocycles. The van der Waals surface area contributed by atoms with Gasteiger partial charge >= 0.3 is 0 Å². The fraction of sp³-hybridized carbons (Fsp3) is 0.480. The Hall–Kier alpha value is -2.53. The van der Waals surface area contributed by atoms with E-state index in [1.807, 2.05) is 39.1 Å². The number of hydrogen-bond acceptors (Lipinski definition) is 4. The van der Waals surface area contributed by atoms with Crippen LogP contribution in [0.5, 0.6) is 11.5 Å². The first kappa shape index (κ1) is 22.2. The van der Waals surface area contributed by atoms with Gasteiger partial charge in [0.25, 0.3) is 0 Å². The lowest BCUT2D eigenvalue weighted by molar-refractivity contribution is -0.122. The molecule has 5 nitrogen and oxygen atoms in total. The summed E-state index contributed by atoms with van der Waals surface area (Å²) in [6.07, 6.45) is 4.17. The smallest absolute Gasteiger partial charge is 0.234 e. The van der Waals surface area contributed by atoms with E-state index in [-0.39, 0.29) is 5.91 Å². The van der Waals surface area contributed by atoms with E-state index < -0.39 is 0 Å². The molecule has 162 valence electrons. The maximum absolute atomic E-state index is 12.5. The van der Waals surface area contributed by atoms with Gasteiger partial charge in [0, 0.05) is 12.6 Å². The lowest BCUT2D eigenvalue weighted by atomic mass is 9.87. The molecule has 2 aromatic rings. The summed E-state index contributed by atoms with van der Waals surface area (Å²) in [7, 11) is 2.05. The summed E-state index contributed by atoms with van der Waals surface area (Å²) < 4.78 is 11.3. The van der Waals surface area contributed by atoms with E-state index in [0.29, 0.717) is 32.3 Å². The fourth-order valence-corrected chi connectivity index (χ4v) is 4.18. The largest absolute Gasteiger partial charge is 0.490 e. The Kier molecular flexibility index (Phi) is 8.14. The van der Waals surface area contributed by atoms with Crippen LogP contribution in [0.25, 0.3) is 0 Å². The summed E-state index contributed by atoms with van der Waals surface area (Å²) in [5.41, 5.74) is 3.91. The highest BCUT2D eigenvalue weighted by atomic mass is 16.5. The Balaban J connectivity index is 1.50. The Morgan fingerprint density at radius 2 is 1.87 bits per heavy atom. The van der Waals surface area contributed by atoms with E-state index in [2.05, 4.69) is 34.5 Å². The third-order valence-electron chi connectivity index (χ3n) is 5.61. The minimum absolute atomic E-state index is 0.0662. The zero-order chi connectivity index (χ0) is 21.3. The average Bonchev–Trinajstić information content (AvgIpc) is 2.75. The van der Waals surface area contributed by atoms with E-state index in [9.17, 15) is 4.79 Å². The molecule has 0 spiro atoms. The molecule has 0 aromatic heterocycles. The van der Waals surface area contributed by atoms with Gasteiger partial charge in [-0.2, -0.15) is 0 Å². The lowest BCUT2D eigenvalue weighted by Gasteiger charge is -2.32. The quantitative estimate of drug-likeness (QED) is 0.639. The van der Waals surface area contributed by atoms with Crippen LogP contribution in [-0.2, 0) is 17.6 Å². The van der Waals surface area contributed by atoms with Crippen LogP contribution in [0.2, 0.25) is 0 Å². The molecular formula is C25H34N2O3. The maximum Gasteiger partial charge on any atom is 0.234 e. The van der Waals surface area contributed by atoms with Crippen molar-refractivity contribution in [2.24, 2.45) is 0 Å².